The number of nitrogens with zero attached hydrogens (tertiary/aromatic N) is 2. The summed E-state index contributed by atoms with van der Waals surface area (Å²) >= 11 is 0. The summed E-state index contributed by atoms with van der Waals surface area (Å²) < 4.78 is 2.08. The third-order valence-electron chi connectivity index (χ3n) is 5.27. The van der Waals surface area contributed by atoms with Crippen LogP contribution in [0.5, 0.6) is 5.75 Å². The van der Waals surface area contributed by atoms with Gasteiger partial charge >= 0.3 is 0 Å². The number of hydrogen-bond donors (Lipinski definition) is 1. The van der Waals surface area contributed by atoms with Crippen molar-refractivity contribution < 1.29 is 5.11 Å². The van der Waals surface area contributed by atoms with E-state index >= 15 is 0 Å². The van der Waals surface area contributed by atoms with Crippen molar-refractivity contribution in [1.82, 2.24) is 9.47 Å². The number of aromatic nitrogens is 1. The summed E-state index contributed by atoms with van der Waals surface area (Å²) in [6, 6.07) is 8.81. The maximum atomic E-state index is 12.4. The lowest BCUT2D eigenvalue weighted by Crippen LogP contribution is -2.36. The molecule has 2 aromatic rings. The Morgan fingerprint density at radius 3 is 2.50 bits per heavy atom. The fraction of sp³-hybridized carbons (Fsp3) is 0.450. The minimum atomic E-state index is -0.155. The molecule has 0 spiro atoms. The first-order valence-corrected chi connectivity index (χ1v) is 8.91. The summed E-state index contributed by atoms with van der Waals surface area (Å²) in [6.07, 6.45) is 4.83. The van der Waals surface area contributed by atoms with Crippen LogP contribution in [0.25, 0.3) is 0 Å². The topological polar surface area (TPSA) is 45.5 Å². The zero-order valence-corrected chi connectivity index (χ0v) is 14.2. The van der Waals surface area contributed by atoms with Gasteiger partial charge in [-0.2, -0.15) is 0 Å². The van der Waals surface area contributed by atoms with Crippen LogP contribution >= 0.6 is 0 Å². The summed E-state index contributed by atoms with van der Waals surface area (Å²) in [5.74, 6) is 0.263. The second kappa shape index (κ2) is 6.10. The summed E-state index contributed by atoms with van der Waals surface area (Å²) in [6.45, 7) is 5.63. The zero-order chi connectivity index (χ0) is 16.7. The van der Waals surface area contributed by atoms with Crippen molar-refractivity contribution in [2.24, 2.45) is 0 Å². The lowest BCUT2D eigenvalue weighted by molar-refractivity contribution is 0.208. The van der Waals surface area contributed by atoms with E-state index in [1.165, 1.54) is 11.1 Å². The molecule has 0 atom stereocenters. The van der Waals surface area contributed by atoms with E-state index in [4.69, 9.17) is 0 Å². The van der Waals surface area contributed by atoms with Crippen LogP contribution in [0.2, 0.25) is 0 Å². The molecule has 1 aliphatic carbocycles. The third-order valence-corrected chi connectivity index (χ3v) is 5.27. The zero-order valence-electron chi connectivity index (χ0n) is 14.2. The SMILES string of the molecule is CCc1ccc(CN2CCn3cc(O)c(=O)c(C4CC4)c3C2)cc1. The minimum Gasteiger partial charge on any atom is -0.503 e. The number of benzene rings is 1. The summed E-state index contributed by atoms with van der Waals surface area (Å²) in [5.41, 5.74) is 4.49. The number of pyridine rings is 1. The van der Waals surface area contributed by atoms with Gasteiger partial charge in [0.05, 0.1) is 6.20 Å². The fourth-order valence-corrected chi connectivity index (χ4v) is 3.69. The van der Waals surface area contributed by atoms with Crippen LogP contribution < -0.4 is 5.43 Å². The first-order valence-electron chi connectivity index (χ1n) is 8.91. The Morgan fingerprint density at radius 2 is 1.83 bits per heavy atom. The first kappa shape index (κ1) is 15.5. The molecule has 1 aromatic heterocycles. The van der Waals surface area contributed by atoms with Crippen molar-refractivity contribution in [3.05, 3.63) is 63.1 Å². The standard InChI is InChI=1S/C20H24N2O2/c1-2-14-3-5-15(6-4-14)11-21-9-10-22-13-18(23)20(24)19(16-7-8-16)17(22)12-21/h3-6,13,16,23H,2,7-12H2,1H3. The van der Waals surface area contributed by atoms with Crippen LogP contribution in [0.15, 0.2) is 35.3 Å². The molecule has 24 heavy (non-hydrogen) atoms. The molecule has 0 amide bonds. The molecule has 1 fully saturated rings. The second-order valence-electron chi connectivity index (χ2n) is 7.05. The van der Waals surface area contributed by atoms with Crippen molar-refractivity contribution in [2.75, 3.05) is 6.54 Å². The smallest absolute Gasteiger partial charge is 0.226 e. The molecule has 0 unspecified atom stereocenters. The Labute approximate surface area is 142 Å². The number of aromatic hydroxyl groups is 1. The van der Waals surface area contributed by atoms with E-state index in [9.17, 15) is 9.90 Å². The highest BCUT2D eigenvalue weighted by Crippen LogP contribution is 2.41. The van der Waals surface area contributed by atoms with Gasteiger partial charge in [-0.15, -0.1) is 0 Å². The highest BCUT2D eigenvalue weighted by Gasteiger charge is 2.32. The molecule has 126 valence electrons. The van der Waals surface area contributed by atoms with Gasteiger partial charge < -0.3 is 9.67 Å². The number of fused-ring (bicyclic) bond motifs is 1. The first-order chi connectivity index (χ1) is 11.7. The van der Waals surface area contributed by atoms with Gasteiger partial charge in [0.25, 0.3) is 0 Å². The van der Waals surface area contributed by atoms with Gasteiger partial charge in [0.2, 0.25) is 5.43 Å². The molecule has 1 saturated carbocycles. The molecule has 4 heteroatoms. The van der Waals surface area contributed by atoms with Crippen LogP contribution in [0.1, 0.15) is 48.1 Å². The van der Waals surface area contributed by atoms with E-state index in [-0.39, 0.29) is 11.2 Å². The third kappa shape index (κ3) is 2.86. The molecule has 0 bridgehead atoms. The maximum Gasteiger partial charge on any atom is 0.226 e. The Balaban J connectivity index is 1.58. The van der Waals surface area contributed by atoms with Crippen molar-refractivity contribution in [1.29, 1.82) is 0 Å². The van der Waals surface area contributed by atoms with Gasteiger partial charge in [0.15, 0.2) is 5.75 Å². The number of rotatable bonds is 4. The molecule has 2 aliphatic rings. The lowest BCUT2D eigenvalue weighted by Gasteiger charge is -2.32. The normalized spacial score (nSPS) is 17.7. The maximum absolute atomic E-state index is 12.4. The predicted molar refractivity (Wildman–Crippen MR) is 94.3 cm³/mol. The molecule has 0 radical (unpaired) electrons. The lowest BCUT2D eigenvalue weighted by atomic mass is 10.0. The number of aryl methyl sites for hydroxylation is 1. The Kier molecular flexibility index (Phi) is 3.93. The van der Waals surface area contributed by atoms with Crippen LogP contribution in [0, 0.1) is 0 Å². The van der Waals surface area contributed by atoms with Crippen molar-refractivity contribution in [3.8, 4) is 5.75 Å². The highest BCUT2D eigenvalue weighted by molar-refractivity contribution is 5.36. The number of hydrogen-bond acceptors (Lipinski definition) is 3. The van der Waals surface area contributed by atoms with Crippen LogP contribution in [-0.4, -0.2) is 21.1 Å². The molecule has 2 heterocycles. The van der Waals surface area contributed by atoms with E-state index < -0.39 is 0 Å². The largest absolute Gasteiger partial charge is 0.503 e. The Hall–Kier alpha value is -2.07. The molecule has 4 nitrogen and oxygen atoms in total. The minimum absolute atomic E-state index is 0.0933. The molecule has 1 aromatic carbocycles. The average molecular weight is 324 g/mol. The Morgan fingerprint density at radius 1 is 1.12 bits per heavy atom. The van der Waals surface area contributed by atoms with Crippen LogP contribution in [0.3, 0.4) is 0 Å². The average Bonchev–Trinajstić information content (AvgIpc) is 3.42. The molecule has 4 rings (SSSR count). The fourth-order valence-electron chi connectivity index (χ4n) is 3.69. The second-order valence-corrected chi connectivity index (χ2v) is 7.05. The summed E-state index contributed by atoms with van der Waals surface area (Å²) in [7, 11) is 0. The van der Waals surface area contributed by atoms with Gasteiger partial charge in [-0.1, -0.05) is 31.2 Å². The molecule has 1 N–H and O–H groups in total. The summed E-state index contributed by atoms with van der Waals surface area (Å²) in [4.78, 5) is 14.8. The highest BCUT2D eigenvalue weighted by atomic mass is 16.3. The van der Waals surface area contributed by atoms with E-state index in [0.29, 0.717) is 5.92 Å². The monoisotopic (exact) mass is 324 g/mol. The van der Waals surface area contributed by atoms with E-state index in [2.05, 4.69) is 40.7 Å². The molecular weight excluding hydrogens is 300 g/mol. The van der Waals surface area contributed by atoms with E-state index in [1.807, 2.05) is 0 Å². The molecule has 0 saturated heterocycles. The molecular formula is C20H24N2O2. The van der Waals surface area contributed by atoms with E-state index in [1.54, 1.807) is 6.20 Å². The van der Waals surface area contributed by atoms with Gasteiger partial charge in [-0.3, -0.25) is 9.69 Å². The van der Waals surface area contributed by atoms with Crippen LogP contribution in [0.4, 0.5) is 0 Å². The van der Waals surface area contributed by atoms with Gasteiger partial charge in [0.1, 0.15) is 0 Å². The molecule has 1 aliphatic heterocycles. The summed E-state index contributed by atoms with van der Waals surface area (Å²) in [5, 5.41) is 9.94. The van der Waals surface area contributed by atoms with E-state index in [0.717, 1.165) is 56.7 Å². The van der Waals surface area contributed by atoms with Gasteiger partial charge in [-0.25, -0.2) is 0 Å². The van der Waals surface area contributed by atoms with Crippen molar-refractivity contribution >= 4 is 0 Å². The van der Waals surface area contributed by atoms with Gasteiger partial charge in [0, 0.05) is 37.4 Å². The quantitative estimate of drug-likeness (QED) is 0.940. The Bertz CT molecular complexity index is 804. The van der Waals surface area contributed by atoms with Crippen LogP contribution in [-0.2, 0) is 26.1 Å². The van der Waals surface area contributed by atoms with Gasteiger partial charge in [-0.05, 0) is 36.3 Å². The van der Waals surface area contributed by atoms with Crippen molar-refractivity contribution in [2.45, 2.75) is 51.7 Å². The van der Waals surface area contributed by atoms with Crippen molar-refractivity contribution in [3.63, 3.8) is 0 Å². The predicted octanol–water partition coefficient (Wildman–Crippen LogP) is 3.01.